The number of hydrogen-bond donors (Lipinski definition) is 4. The van der Waals surface area contributed by atoms with Crippen molar-refractivity contribution in [1.29, 1.82) is 0 Å². The summed E-state index contributed by atoms with van der Waals surface area (Å²) in [6.07, 6.45) is 5.18. The van der Waals surface area contributed by atoms with Crippen LogP contribution < -0.4 is 16.0 Å². The van der Waals surface area contributed by atoms with Gasteiger partial charge in [0.25, 0.3) is 17.7 Å². The van der Waals surface area contributed by atoms with E-state index in [0.29, 0.717) is 24.2 Å². The molecule has 224 valence electrons. The molecule has 0 radical (unpaired) electrons. The first-order chi connectivity index (χ1) is 20.7. The van der Waals surface area contributed by atoms with Crippen molar-refractivity contribution in [2.24, 2.45) is 5.16 Å². The lowest BCUT2D eigenvalue weighted by molar-refractivity contribution is -0.159. The summed E-state index contributed by atoms with van der Waals surface area (Å²) in [5.74, 6) is -3.19. The van der Waals surface area contributed by atoms with Crippen LogP contribution in [0, 0.1) is 0 Å². The number of thiazole rings is 1. The smallest absolute Gasteiger partial charge is 0.356 e. The quantitative estimate of drug-likeness (QED) is 0.147. The number of carbonyl (C=O) groups excluding carboxylic acids is 3. The van der Waals surface area contributed by atoms with Crippen LogP contribution in [0.5, 0.6) is 5.75 Å². The number of phenolic OH excluding ortho intramolecular Hbond substituents is 1. The van der Waals surface area contributed by atoms with Gasteiger partial charge in [0.05, 0.1) is 0 Å². The third-order valence-electron chi connectivity index (χ3n) is 7.76. The highest BCUT2D eigenvalue weighted by Crippen LogP contribution is 2.35. The summed E-state index contributed by atoms with van der Waals surface area (Å²) in [4.78, 5) is 64.2. The number of nitrogen functional groups attached to an aromatic ring is 1. The average Bonchev–Trinajstić information content (AvgIpc) is 3.75. The van der Waals surface area contributed by atoms with Crippen molar-refractivity contribution in [1.82, 2.24) is 15.2 Å². The largest absolute Gasteiger partial charge is 0.508 e. The van der Waals surface area contributed by atoms with Gasteiger partial charge in [0.15, 0.2) is 22.3 Å². The van der Waals surface area contributed by atoms with Gasteiger partial charge in [-0.2, -0.15) is 0 Å². The predicted molar refractivity (Wildman–Crippen MR) is 153 cm³/mol. The number of aliphatic carboxylic acids is 1. The Morgan fingerprint density at radius 3 is 2.63 bits per heavy atom. The van der Waals surface area contributed by atoms with Crippen LogP contribution in [0.15, 0.2) is 57.9 Å². The van der Waals surface area contributed by atoms with Crippen molar-refractivity contribution in [3.8, 4) is 5.75 Å². The molecule has 4 heterocycles. The van der Waals surface area contributed by atoms with E-state index in [1.165, 1.54) is 23.1 Å². The maximum Gasteiger partial charge on any atom is 0.356 e. The van der Waals surface area contributed by atoms with Gasteiger partial charge < -0.3 is 35.7 Å². The van der Waals surface area contributed by atoms with E-state index in [4.69, 9.17) is 15.3 Å². The van der Waals surface area contributed by atoms with E-state index in [-0.39, 0.29) is 46.7 Å². The summed E-state index contributed by atoms with van der Waals surface area (Å²) in [5, 5.41) is 28.0. The number of ether oxygens (including phenoxy) is 1. The number of benzene rings is 1. The van der Waals surface area contributed by atoms with Crippen LogP contribution in [0.1, 0.15) is 37.8 Å². The number of carboxylic acids is 1. The second kappa shape index (κ2) is 11.4. The van der Waals surface area contributed by atoms with Crippen molar-refractivity contribution in [2.45, 2.75) is 50.3 Å². The molecule has 5 N–H and O–H groups in total. The molecule has 15 heteroatoms. The molecular formula is C28H28N6O8S. The Morgan fingerprint density at radius 2 is 1.95 bits per heavy atom. The monoisotopic (exact) mass is 608 g/mol. The van der Waals surface area contributed by atoms with E-state index < -0.39 is 35.6 Å². The Morgan fingerprint density at radius 1 is 1.21 bits per heavy atom. The number of carboxylic acid groups (broad SMARTS) is 1. The number of amides is 3. The Bertz CT molecular complexity index is 1580. The van der Waals surface area contributed by atoms with Crippen LogP contribution in [-0.2, 0) is 28.8 Å². The number of nitrogens with one attached hydrogen (secondary N) is 1. The number of phenols is 1. The maximum absolute atomic E-state index is 13.3. The minimum absolute atomic E-state index is 0.0648. The number of anilines is 2. The summed E-state index contributed by atoms with van der Waals surface area (Å²) in [7, 11) is 0. The molecular weight excluding hydrogens is 580 g/mol. The van der Waals surface area contributed by atoms with Gasteiger partial charge in [0.1, 0.15) is 36.2 Å². The first-order valence-electron chi connectivity index (χ1n) is 13.7. The zero-order valence-electron chi connectivity index (χ0n) is 22.8. The Kier molecular flexibility index (Phi) is 7.48. The van der Waals surface area contributed by atoms with E-state index in [1.807, 2.05) is 0 Å². The second-order valence-electron chi connectivity index (χ2n) is 10.5. The van der Waals surface area contributed by atoms with Gasteiger partial charge in [-0.05, 0) is 62.4 Å². The lowest BCUT2D eigenvalue weighted by atomic mass is 9.92. The summed E-state index contributed by atoms with van der Waals surface area (Å²) >= 11 is 1.12. The number of rotatable bonds is 8. The molecule has 3 fully saturated rings. The van der Waals surface area contributed by atoms with Crippen molar-refractivity contribution in [3.63, 3.8) is 0 Å². The van der Waals surface area contributed by atoms with Crippen LogP contribution in [0.25, 0.3) is 0 Å². The number of β-lactam (4-membered cyclic amide) rings is 1. The van der Waals surface area contributed by atoms with Gasteiger partial charge >= 0.3 is 5.97 Å². The number of carbonyl (C=O) groups is 4. The highest BCUT2D eigenvalue weighted by molar-refractivity contribution is 7.13. The molecule has 1 aliphatic carbocycles. The number of hydrogen-bond acceptors (Lipinski definition) is 11. The first-order valence-corrected chi connectivity index (χ1v) is 14.6. The zero-order chi connectivity index (χ0) is 30.2. The van der Waals surface area contributed by atoms with E-state index >= 15 is 0 Å². The molecule has 14 nitrogen and oxygen atoms in total. The fourth-order valence-corrected chi connectivity index (χ4v) is 6.09. The number of oxime groups is 1. The second-order valence-corrected chi connectivity index (χ2v) is 11.4. The highest BCUT2D eigenvalue weighted by atomic mass is 32.1. The molecule has 0 unspecified atom stereocenters. The van der Waals surface area contributed by atoms with Crippen molar-refractivity contribution in [3.05, 3.63) is 58.4 Å². The normalized spacial score (nSPS) is 23.3. The number of nitrogens with two attached hydrogens (primary N) is 1. The molecule has 3 amide bonds. The SMILES string of the molecule is Nc1nc(/C(=N/OC2CCCC2)C(=O)N[C@@H]2C(=O)N3C(C(=O)O)=C(/C=C4\CCN(c5ccc(O)cc5)C4=O)OC[C@H]23)cs1. The Hall–Kier alpha value is -4.92. The molecule has 2 aromatic rings. The van der Waals surface area contributed by atoms with Gasteiger partial charge in [-0.25, -0.2) is 9.78 Å². The fraction of sp³-hybridized carbons (Fsp3) is 0.357. The van der Waals surface area contributed by atoms with E-state index in [2.05, 4.69) is 15.5 Å². The van der Waals surface area contributed by atoms with Gasteiger partial charge in [0.2, 0.25) is 0 Å². The number of aromatic nitrogens is 1. The van der Waals surface area contributed by atoms with Crippen molar-refractivity contribution in [2.75, 3.05) is 23.8 Å². The molecule has 43 heavy (non-hydrogen) atoms. The summed E-state index contributed by atoms with van der Waals surface area (Å²) in [6, 6.07) is 4.26. The Balaban J connectivity index is 1.19. The summed E-state index contributed by atoms with van der Waals surface area (Å²) in [5.41, 5.74) is 6.29. The minimum Gasteiger partial charge on any atom is -0.508 e. The van der Waals surface area contributed by atoms with E-state index in [0.717, 1.165) is 41.9 Å². The Labute approximate surface area is 249 Å². The molecule has 1 aromatic carbocycles. The van der Waals surface area contributed by atoms with E-state index in [9.17, 15) is 29.4 Å². The van der Waals surface area contributed by atoms with Gasteiger partial charge in [-0.1, -0.05) is 5.16 Å². The molecule has 1 aromatic heterocycles. The van der Waals surface area contributed by atoms with Crippen LogP contribution in [-0.4, -0.2) is 80.8 Å². The topological polar surface area (TPSA) is 197 Å². The zero-order valence-corrected chi connectivity index (χ0v) is 23.6. The number of aromatic hydroxyl groups is 1. The molecule has 0 bridgehead atoms. The molecule has 2 atom stereocenters. The predicted octanol–water partition coefficient (Wildman–Crippen LogP) is 1.48. The third-order valence-corrected chi connectivity index (χ3v) is 8.43. The molecule has 0 spiro atoms. The van der Waals surface area contributed by atoms with Crippen LogP contribution in [0.4, 0.5) is 10.8 Å². The number of fused-ring (bicyclic) bond motifs is 1. The van der Waals surface area contributed by atoms with Crippen LogP contribution >= 0.6 is 11.3 Å². The highest BCUT2D eigenvalue weighted by Gasteiger charge is 2.55. The average molecular weight is 609 g/mol. The molecule has 6 rings (SSSR count). The lowest BCUT2D eigenvalue weighted by Gasteiger charge is -2.49. The van der Waals surface area contributed by atoms with E-state index in [1.54, 1.807) is 17.5 Å². The minimum atomic E-state index is -1.42. The summed E-state index contributed by atoms with van der Waals surface area (Å²) in [6.45, 7) is 0.237. The molecule has 4 aliphatic rings. The maximum atomic E-state index is 13.3. The van der Waals surface area contributed by atoms with Crippen LogP contribution in [0.3, 0.4) is 0 Å². The van der Waals surface area contributed by atoms with Crippen molar-refractivity contribution >= 4 is 51.6 Å². The molecule has 1 saturated carbocycles. The first kappa shape index (κ1) is 28.2. The third kappa shape index (κ3) is 5.38. The number of allylic oxidation sites excluding steroid dienone is 1. The van der Waals surface area contributed by atoms with Gasteiger partial charge in [-0.3, -0.25) is 19.3 Å². The fourth-order valence-electron chi connectivity index (χ4n) is 5.55. The van der Waals surface area contributed by atoms with Crippen LogP contribution in [0.2, 0.25) is 0 Å². The number of nitrogens with zero attached hydrogens (tertiary/aromatic N) is 4. The standard InChI is InChI=1S/C28H28N6O8S/c29-28-30-18(13-43-28)21(32-42-17-3-1-2-4-17)24(36)31-22-19-12-41-20(23(27(39)40)34(19)26(22)38)11-14-9-10-33(25(14)37)15-5-7-16(35)8-6-15/h5-8,11,13,17,19,22,35H,1-4,9-10,12H2,(H2,29,30)(H,31,36)(H,39,40)/b14-11+,32-21-/t19-,22+/m1/s1. The molecule has 2 saturated heterocycles. The summed E-state index contributed by atoms with van der Waals surface area (Å²) < 4.78 is 5.77. The van der Waals surface area contributed by atoms with Crippen molar-refractivity contribution < 1.29 is 39.0 Å². The molecule has 3 aliphatic heterocycles. The lowest BCUT2D eigenvalue weighted by Crippen LogP contribution is -2.73. The van der Waals surface area contributed by atoms with Gasteiger partial charge in [0, 0.05) is 23.2 Å². The van der Waals surface area contributed by atoms with Gasteiger partial charge in [-0.15, -0.1) is 11.3 Å².